The van der Waals surface area contributed by atoms with Crippen LogP contribution in [0.1, 0.15) is 57.5 Å². The number of carbonyl (C=O) groups is 1. The van der Waals surface area contributed by atoms with E-state index in [1.807, 2.05) is 30.3 Å². The van der Waals surface area contributed by atoms with Crippen LogP contribution in [0.4, 0.5) is 0 Å². The van der Waals surface area contributed by atoms with E-state index in [0.29, 0.717) is 25.4 Å². The number of benzene rings is 4. The Morgan fingerprint density at radius 1 is 0.780 bits per heavy atom. The smallest absolute Gasteiger partial charge is 0.333 e. The molecular weight excluding hydrogens is 512 g/mol. The molecule has 5 nitrogen and oxygen atoms in total. The molecule has 0 fully saturated rings. The molecule has 0 aromatic heterocycles. The lowest BCUT2D eigenvalue weighted by Crippen LogP contribution is -2.24. The number of fused-ring (bicyclic) bond motifs is 2. The van der Waals surface area contributed by atoms with Crippen molar-refractivity contribution in [2.45, 2.75) is 38.4 Å². The average molecular weight is 549 g/mol. The molecule has 0 radical (unpaired) electrons. The summed E-state index contributed by atoms with van der Waals surface area (Å²) < 4.78 is 17.6. The van der Waals surface area contributed by atoms with Gasteiger partial charge in [-0.2, -0.15) is 0 Å². The fourth-order valence-corrected chi connectivity index (χ4v) is 5.23. The number of hydrogen-bond donors (Lipinski definition) is 1. The second-order valence-electron chi connectivity index (χ2n) is 10.3. The monoisotopic (exact) mass is 548 g/mol. The van der Waals surface area contributed by atoms with E-state index >= 15 is 0 Å². The van der Waals surface area contributed by atoms with Crippen LogP contribution in [-0.4, -0.2) is 37.5 Å². The minimum Gasteiger partial charge on any atom is -0.491 e. The number of methoxy groups -OCH3 is 1. The van der Waals surface area contributed by atoms with Crippen LogP contribution in [0, 0.1) is 0 Å². The number of aryl methyl sites for hydroxylation is 1. The van der Waals surface area contributed by atoms with E-state index in [2.05, 4.69) is 79.7 Å². The Morgan fingerprint density at radius 2 is 1.51 bits per heavy atom. The maximum Gasteiger partial charge on any atom is 0.333 e. The first-order valence-corrected chi connectivity index (χ1v) is 14.1. The highest BCUT2D eigenvalue weighted by molar-refractivity contribution is 5.76. The molecule has 5 heteroatoms. The molecular formula is C36H36O5. The minimum atomic E-state index is -0.972. The van der Waals surface area contributed by atoms with Gasteiger partial charge in [-0.05, 0) is 69.5 Å². The van der Waals surface area contributed by atoms with Crippen LogP contribution in [0.5, 0.6) is 5.75 Å². The molecule has 0 saturated carbocycles. The third kappa shape index (κ3) is 7.12. The molecule has 0 aliphatic heterocycles. The van der Waals surface area contributed by atoms with Crippen molar-refractivity contribution in [1.82, 2.24) is 0 Å². The zero-order valence-electron chi connectivity index (χ0n) is 23.6. The van der Waals surface area contributed by atoms with Gasteiger partial charge in [0.1, 0.15) is 18.5 Å². The third-order valence-electron chi connectivity index (χ3n) is 7.51. The Kier molecular flexibility index (Phi) is 9.29. The first-order chi connectivity index (χ1) is 20.0. The van der Waals surface area contributed by atoms with E-state index in [0.717, 1.165) is 24.0 Å². The summed E-state index contributed by atoms with van der Waals surface area (Å²) in [5.41, 5.74) is 9.38. The van der Waals surface area contributed by atoms with Gasteiger partial charge in [0.15, 0.2) is 6.10 Å². The zero-order valence-corrected chi connectivity index (χ0v) is 23.6. The molecule has 2 unspecified atom stereocenters. The highest BCUT2D eigenvalue weighted by atomic mass is 16.5. The van der Waals surface area contributed by atoms with Gasteiger partial charge in [-0.25, -0.2) is 4.79 Å². The van der Waals surface area contributed by atoms with Crippen molar-refractivity contribution in [1.29, 1.82) is 0 Å². The van der Waals surface area contributed by atoms with Crippen molar-refractivity contribution in [3.05, 3.63) is 136 Å². The number of rotatable bonds is 12. The first kappa shape index (κ1) is 28.3. The second kappa shape index (κ2) is 13.4. The molecule has 4 aromatic carbocycles. The molecule has 4 aromatic rings. The fraction of sp³-hybridized carbons (Fsp3) is 0.250. The summed E-state index contributed by atoms with van der Waals surface area (Å²) >= 11 is 0. The normalized spacial score (nSPS) is 14.5. The topological polar surface area (TPSA) is 65.0 Å². The fourth-order valence-electron chi connectivity index (χ4n) is 5.23. The molecule has 0 amide bonds. The van der Waals surface area contributed by atoms with Crippen LogP contribution in [0.15, 0.2) is 91.0 Å². The van der Waals surface area contributed by atoms with E-state index in [1.165, 1.54) is 40.5 Å². The van der Waals surface area contributed by atoms with Gasteiger partial charge in [0.2, 0.25) is 0 Å². The molecule has 1 aliphatic rings. The van der Waals surface area contributed by atoms with Crippen LogP contribution >= 0.6 is 0 Å². The lowest BCUT2D eigenvalue weighted by molar-refractivity contribution is -0.148. The molecule has 0 saturated heterocycles. The van der Waals surface area contributed by atoms with Crippen LogP contribution in [0.3, 0.4) is 0 Å². The maximum atomic E-state index is 11.2. The van der Waals surface area contributed by atoms with Gasteiger partial charge in [0.05, 0.1) is 6.61 Å². The summed E-state index contributed by atoms with van der Waals surface area (Å²) in [7, 11) is 1.41. The van der Waals surface area contributed by atoms with E-state index in [4.69, 9.17) is 14.2 Å². The average Bonchev–Trinajstić information content (AvgIpc) is 3.15. The molecule has 0 bridgehead atoms. The van der Waals surface area contributed by atoms with Crippen molar-refractivity contribution in [3.63, 3.8) is 0 Å². The van der Waals surface area contributed by atoms with Gasteiger partial charge in [0, 0.05) is 13.5 Å². The molecule has 0 spiro atoms. The zero-order chi connectivity index (χ0) is 28.6. The Hall–Kier alpha value is -4.19. The van der Waals surface area contributed by atoms with E-state index in [1.54, 1.807) is 0 Å². The number of ether oxygens (including phenoxy) is 3. The van der Waals surface area contributed by atoms with Gasteiger partial charge >= 0.3 is 5.97 Å². The molecule has 1 aliphatic carbocycles. The van der Waals surface area contributed by atoms with E-state index in [9.17, 15) is 9.90 Å². The Balaban J connectivity index is 1.29. The number of hydrogen-bond acceptors (Lipinski definition) is 4. The van der Waals surface area contributed by atoms with Gasteiger partial charge in [-0.15, -0.1) is 0 Å². The minimum absolute atomic E-state index is 0.208. The SMILES string of the molecule is CCc1ccc2c(c1)C(OCCOc1ccc(CC(OC)C(=O)O)cc1)c1ccc(Cc3ccccc3)cc1C=C2. The van der Waals surface area contributed by atoms with Crippen molar-refractivity contribution in [2.75, 3.05) is 20.3 Å². The van der Waals surface area contributed by atoms with E-state index < -0.39 is 12.1 Å². The largest absolute Gasteiger partial charge is 0.491 e. The molecule has 210 valence electrons. The highest BCUT2D eigenvalue weighted by Gasteiger charge is 2.23. The number of aliphatic carboxylic acids is 1. The van der Waals surface area contributed by atoms with Gasteiger partial charge in [-0.1, -0.05) is 97.9 Å². The number of carboxylic acid groups (broad SMARTS) is 1. The van der Waals surface area contributed by atoms with Crippen molar-refractivity contribution in [2.24, 2.45) is 0 Å². The summed E-state index contributed by atoms with van der Waals surface area (Å²) in [6.07, 6.45) is 5.47. The maximum absolute atomic E-state index is 11.2. The first-order valence-electron chi connectivity index (χ1n) is 14.1. The van der Waals surface area contributed by atoms with Crippen LogP contribution in [-0.2, 0) is 33.5 Å². The molecule has 2 atom stereocenters. The third-order valence-corrected chi connectivity index (χ3v) is 7.51. The summed E-state index contributed by atoms with van der Waals surface area (Å²) in [5.74, 6) is -0.260. The summed E-state index contributed by atoms with van der Waals surface area (Å²) in [6, 6.07) is 31.3. The Morgan fingerprint density at radius 3 is 2.24 bits per heavy atom. The molecule has 5 rings (SSSR count). The van der Waals surface area contributed by atoms with Crippen molar-refractivity contribution < 1.29 is 24.1 Å². The van der Waals surface area contributed by atoms with Gasteiger partial charge in [-0.3, -0.25) is 0 Å². The van der Waals surface area contributed by atoms with Crippen LogP contribution < -0.4 is 4.74 Å². The van der Waals surface area contributed by atoms with Crippen LogP contribution in [0.2, 0.25) is 0 Å². The molecule has 1 N–H and O–H groups in total. The second-order valence-corrected chi connectivity index (χ2v) is 10.3. The predicted molar refractivity (Wildman–Crippen MR) is 162 cm³/mol. The van der Waals surface area contributed by atoms with Gasteiger partial charge in [0.25, 0.3) is 0 Å². The number of carboxylic acids is 1. The predicted octanol–water partition coefficient (Wildman–Crippen LogP) is 7.15. The lowest BCUT2D eigenvalue weighted by Gasteiger charge is -2.22. The van der Waals surface area contributed by atoms with Gasteiger partial charge < -0.3 is 19.3 Å². The lowest BCUT2D eigenvalue weighted by atomic mass is 9.92. The van der Waals surface area contributed by atoms with Crippen LogP contribution in [0.25, 0.3) is 12.2 Å². The Labute approximate surface area is 242 Å². The summed E-state index contributed by atoms with van der Waals surface area (Å²) in [4.78, 5) is 11.2. The highest BCUT2D eigenvalue weighted by Crippen LogP contribution is 2.37. The molecule has 0 heterocycles. The van der Waals surface area contributed by atoms with Crippen molar-refractivity contribution in [3.8, 4) is 5.75 Å². The summed E-state index contributed by atoms with van der Waals surface area (Å²) in [6.45, 7) is 2.98. The van der Waals surface area contributed by atoms with Crippen molar-refractivity contribution >= 4 is 18.1 Å². The summed E-state index contributed by atoms with van der Waals surface area (Å²) in [5, 5.41) is 9.22. The Bertz CT molecular complexity index is 1490. The standard InChI is InChI=1S/C36H36O5/c1-3-25-9-13-29-14-15-30-22-28(21-26-7-5-4-6-8-26)12-18-32(30)35(33(29)23-25)41-20-19-40-31-16-10-27(11-17-31)24-34(39-2)36(37)38/h4-18,22-23,34-35H,3,19-21,24H2,1-2H3,(H,37,38). The quantitative estimate of drug-likeness (QED) is 0.191. The van der Waals surface area contributed by atoms with E-state index in [-0.39, 0.29) is 6.10 Å². The molecule has 41 heavy (non-hydrogen) atoms.